The lowest BCUT2D eigenvalue weighted by Crippen LogP contribution is -2.42. The standard InChI is InChI=1S/C25H29N3O2/c1-3-21(20-9-5-4-6-10-20)24(29)27-15-13-19(14-16-27)17-28-18(2)26-23-12-8-7-11-22(23)25(28)30/h4-12,19,21H,3,13-17H2,1-2H3. The molecular formula is C25H29N3O2. The SMILES string of the molecule is CCC(C(=O)N1CCC(Cn2c(C)nc3ccccc3c2=O)CC1)c1ccccc1. The van der Waals surface area contributed by atoms with Gasteiger partial charge in [0.1, 0.15) is 5.82 Å². The molecule has 0 N–H and O–H groups in total. The van der Waals surface area contributed by atoms with Crippen molar-refractivity contribution in [2.75, 3.05) is 13.1 Å². The van der Waals surface area contributed by atoms with Crippen molar-refractivity contribution in [3.63, 3.8) is 0 Å². The Bertz CT molecular complexity index is 1080. The van der Waals surface area contributed by atoms with E-state index < -0.39 is 0 Å². The van der Waals surface area contributed by atoms with Crippen molar-refractivity contribution in [3.8, 4) is 0 Å². The molecule has 0 radical (unpaired) electrons. The van der Waals surface area contributed by atoms with Gasteiger partial charge in [-0.15, -0.1) is 0 Å². The van der Waals surface area contributed by atoms with Crippen molar-refractivity contribution in [1.82, 2.24) is 14.5 Å². The quantitative estimate of drug-likeness (QED) is 0.643. The minimum absolute atomic E-state index is 0.0340. The molecule has 0 bridgehead atoms. The van der Waals surface area contributed by atoms with E-state index in [0.29, 0.717) is 17.8 Å². The Morgan fingerprint density at radius 1 is 1.07 bits per heavy atom. The maximum absolute atomic E-state index is 13.1. The monoisotopic (exact) mass is 403 g/mol. The predicted molar refractivity (Wildman–Crippen MR) is 120 cm³/mol. The number of carbonyl (C=O) groups excluding carboxylic acids is 1. The highest BCUT2D eigenvalue weighted by molar-refractivity contribution is 5.83. The lowest BCUT2D eigenvalue weighted by Gasteiger charge is -2.34. The van der Waals surface area contributed by atoms with Crippen LogP contribution < -0.4 is 5.56 Å². The fraction of sp³-hybridized carbons (Fsp3) is 0.400. The van der Waals surface area contributed by atoms with Crippen LogP contribution in [0.5, 0.6) is 0 Å². The average molecular weight is 404 g/mol. The second-order valence-corrected chi connectivity index (χ2v) is 8.23. The van der Waals surface area contributed by atoms with Gasteiger partial charge in [0, 0.05) is 19.6 Å². The van der Waals surface area contributed by atoms with Gasteiger partial charge in [0.15, 0.2) is 0 Å². The topological polar surface area (TPSA) is 55.2 Å². The largest absolute Gasteiger partial charge is 0.342 e. The van der Waals surface area contributed by atoms with Crippen LogP contribution in [0.25, 0.3) is 10.9 Å². The number of aryl methyl sites for hydroxylation is 1. The Morgan fingerprint density at radius 3 is 2.43 bits per heavy atom. The fourth-order valence-corrected chi connectivity index (χ4v) is 4.55. The normalized spacial score (nSPS) is 16.0. The number of carbonyl (C=O) groups is 1. The van der Waals surface area contributed by atoms with Gasteiger partial charge in [-0.2, -0.15) is 0 Å². The van der Waals surface area contributed by atoms with Gasteiger partial charge in [0.25, 0.3) is 5.56 Å². The number of likely N-dealkylation sites (tertiary alicyclic amines) is 1. The van der Waals surface area contributed by atoms with Crippen molar-refractivity contribution in [1.29, 1.82) is 0 Å². The predicted octanol–water partition coefficient (Wildman–Crippen LogP) is 4.14. The number of hydrogen-bond donors (Lipinski definition) is 0. The first-order valence-electron chi connectivity index (χ1n) is 10.9. The molecular weight excluding hydrogens is 374 g/mol. The number of fused-ring (bicyclic) bond motifs is 1. The number of para-hydroxylation sites is 1. The van der Waals surface area contributed by atoms with Crippen molar-refractivity contribution in [3.05, 3.63) is 76.3 Å². The molecule has 1 aliphatic rings. The molecule has 0 aliphatic carbocycles. The third-order valence-electron chi connectivity index (χ3n) is 6.33. The summed E-state index contributed by atoms with van der Waals surface area (Å²) in [5, 5.41) is 0.671. The van der Waals surface area contributed by atoms with E-state index in [4.69, 9.17) is 0 Å². The summed E-state index contributed by atoms with van der Waals surface area (Å²) < 4.78 is 1.81. The molecule has 156 valence electrons. The highest BCUT2D eigenvalue weighted by Crippen LogP contribution is 2.26. The van der Waals surface area contributed by atoms with E-state index >= 15 is 0 Å². The number of amides is 1. The number of aromatic nitrogens is 2. The Labute approximate surface area is 177 Å². The summed E-state index contributed by atoms with van der Waals surface area (Å²) >= 11 is 0. The van der Waals surface area contributed by atoms with Crippen molar-refractivity contribution < 1.29 is 4.79 Å². The fourth-order valence-electron chi connectivity index (χ4n) is 4.55. The zero-order valence-corrected chi connectivity index (χ0v) is 17.8. The van der Waals surface area contributed by atoms with Crippen LogP contribution in [0, 0.1) is 12.8 Å². The summed E-state index contributed by atoms with van der Waals surface area (Å²) in [6, 6.07) is 17.6. The number of rotatable bonds is 5. The minimum Gasteiger partial charge on any atom is -0.342 e. The summed E-state index contributed by atoms with van der Waals surface area (Å²) in [6.45, 7) is 6.14. The summed E-state index contributed by atoms with van der Waals surface area (Å²) in [7, 11) is 0. The summed E-state index contributed by atoms with van der Waals surface area (Å²) in [5.41, 5.74) is 1.88. The van der Waals surface area contributed by atoms with Crippen LogP contribution in [0.1, 0.15) is 43.5 Å². The summed E-state index contributed by atoms with van der Waals surface area (Å²) in [4.78, 5) is 32.7. The lowest BCUT2D eigenvalue weighted by atomic mass is 9.92. The molecule has 3 aromatic rings. The molecule has 1 aliphatic heterocycles. The van der Waals surface area contributed by atoms with E-state index in [9.17, 15) is 9.59 Å². The molecule has 5 nitrogen and oxygen atoms in total. The lowest BCUT2D eigenvalue weighted by molar-refractivity contribution is -0.134. The molecule has 4 rings (SSSR count). The number of piperidine rings is 1. The molecule has 1 unspecified atom stereocenters. The Hall–Kier alpha value is -2.95. The van der Waals surface area contributed by atoms with E-state index in [0.717, 1.165) is 49.3 Å². The zero-order valence-electron chi connectivity index (χ0n) is 17.8. The molecule has 0 spiro atoms. The average Bonchev–Trinajstić information content (AvgIpc) is 2.78. The van der Waals surface area contributed by atoms with Crippen molar-refractivity contribution in [2.45, 2.75) is 45.6 Å². The maximum atomic E-state index is 13.1. The number of benzene rings is 2. The molecule has 5 heteroatoms. The Kier molecular flexibility index (Phi) is 5.98. The van der Waals surface area contributed by atoms with E-state index in [1.165, 1.54) is 0 Å². The molecule has 1 aromatic heterocycles. The summed E-state index contributed by atoms with van der Waals surface area (Å²) in [5.74, 6) is 1.29. The van der Waals surface area contributed by atoms with Crippen molar-refractivity contribution >= 4 is 16.8 Å². The number of nitrogens with zero attached hydrogens (tertiary/aromatic N) is 3. The minimum atomic E-state index is -0.0719. The molecule has 1 fully saturated rings. The Morgan fingerprint density at radius 2 is 1.73 bits per heavy atom. The molecule has 30 heavy (non-hydrogen) atoms. The van der Waals surface area contributed by atoms with E-state index in [2.05, 4.69) is 11.9 Å². The second-order valence-electron chi connectivity index (χ2n) is 8.23. The van der Waals surface area contributed by atoms with Crippen LogP contribution >= 0.6 is 0 Å². The number of hydrogen-bond acceptors (Lipinski definition) is 3. The molecule has 0 saturated carbocycles. The first-order valence-corrected chi connectivity index (χ1v) is 10.9. The molecule has 1 saturated heterocycles. The van der Waals surface area contributed by atoms with Crippen molar-refractivity contribution in [2.24, 2.45) is 5.92 Å². The van der Waals surface area contributed by atoms with Gasteiger partial charge in [0.2, 0.25) is 5.91 Å². The van der Waals surface area contributed by atoms with E-state index in [1.54, 1.807) is 0 Å². The van der Waals surface area contributed by atoms with Crippen LogP contribution in [0.3, 0.4) is 0 Å². The smallest absolute Gasteiger partial charge is 0.261 e. The first kappa shape index (κ1) is 20.3. The van der Waals surface area contributed by atoms with Gasteiger partial charge in [-0.05, 0) is 49.8 Å². The molecule has 2 aromatic carbocycles. The third-order valence-corrected chi connectivity index (χ3v) is 6.33. The van der Waals surface area contributed by atoms with Crippen LogP contribution in [-0.2, 0) is 11.3 Å². The summed E-state index contributed by atoms with van der Waals surface area (Å²) in [6.07, 6.45) is 2.63. The van der Waals surface area contributed by atoms with E-state index in [-0.39, 0.29) is 17.4 Å². The van der Waals surface area contributed by atoms with Gasteiger partial charge in [-0.1, -0.05) is 49.4 Å². The Balaban J connectivity index is 1.43. The third kappa shape index (κ3) is 4.02. The highest BCUT2D eigenvalue weighted by atomic mass is 16.2. The molecule has 1 atom stereocenters. The van der Waals surface area contributed by atoms with Gasteiger partial charge >= 0.3 is 0 Å². The van der Waals surface area contributed by atoms with Crippen LogP contribution in [-0.4, -0.2) is 33.4 Å². The first-order chi connectivity index (χ1) is 14.6. The van der Waals surface area contributed by atoms with Gasteiger partial charge < -0.3 is 4.90 Å². The maximum Gasteiger partial charge on any atom is 0.261 e. The van der Waals surface area contributed by atoms with Gasteiger partial charge in [0.05, 0.1) is 16.8 Å². The van der Waals surface area contributed by atoms with Crippen LogP contribution in [0.2, 0.25) is 0 Å². The van der Waals surface area contributed by atoms with Crippen LogP contribution in [0.15, 0.2) is 59.4 Å². The molecule has 1 amide bonds. The highest BCUT2D eigenvalue weighted by Gasteiger charge is 2.28. The zero-order chi connectivity index (χ0) is 21.1. The van der Waals surface area contributed by atoms with E-state index in [1.807, 2.05) is 71.0 Å². The van der Waals surface area contributed by atoms with Gasteiger partial charge in [-0.3, -0.25) is 14.2 Å². The van der Waals surface area contributed by atoms with Gasteiger partial charge in [-0.25, -0.2) is 4.98 Å². The van der Waals surface area contributed by atoms with Crippen LogP contribution in [0.4, 0.5) is 0 Å². The molecule has 2 heterocycles. The second kappa shape index (κ2) is 8.82.